The zero-order chi connectivity index (χ0) is 14.3. The fourth-order valence-electron chi connectivity index (χ4n) is 1.62. The number of rotatable bonds is 7. The minimum atomic E-state index is 0.0880. The van der Waals surface area contributed by atoms with Crippen LogP contribution in [0.25, 0.3) is 0 Å². The molecule has 0 aliphatic heterocycles. The maximum Gasteiger partial charge on any atom is 0.236 e. The van der Waals surface area contributed by atoms with Crippen molar-refractivity contribution >= 4 is 17.5 Å². The average Bonchev–Trinajstić information content (AvgIpc) is 2.38. The van der Waals surface area contributed by atoms with Crippen LogP contribution in [0.3, 0.4) is 0 Å². The molecular weight excluding hydrogens is 264 g/mol. The first-order valence-corrected chi connectivity index (χ1v) is 6.56. The molecule has 0 bridgehead atoms. The Morgan fingerprint density at radius 2 is 1.89 bits per heavy atom. The second kappa shape index (κ2) is 8.15. The molecule has 0 heterocycles. The van der Waals surface area contributed by atoms with E-state index in [-0.39, 0.29) is 5.91 Å². The molecule has 0 N–H and O–H groups in total. The van der Waals surface area contributed by atoms with Crippen LogP contribution in [0.2, 0.25) is 5.02 Å². The van der Waals surface area contributed by atoms with Gasteiger partial charge in [-0.25, -0.2) is 0 Å². The Bertz CT molecular complexity index is 393. The van der Waals surface area contributed by atoms with Gasteiger partial charge in [-0.05, 0) is 17.7 Å². The molecule has 4 nitrogen and oxygen atoms in total. The maximum atomic E-state index is 11.8. The molecular formula is C14H21ClN2O2. The third-order valence-corrected chi connectivity index (χ3v) is 3.04. The molecule has 0 spiro atoms. The first-order valence-electron chi connectivity index (χ1n) is 6.19. The van der Waals surface area contributed by atoms with Gasteiger partial charge in [-0.3, -0.25) is 9.69 Å². The van der Waals surface area contributed by atoms with Crippen molar-refractivity contribution in [3.8, 4) is 0 Å². The monoisotopic (exact) mass is 284 g/mol. The standard InChI is InChI=1S/C14H21ClN2O2/c1-16(2)14(18)11-17(8-9-19-3)10-12-4-6-13(15)7-5-12/h4-7H,8-11H2,1-3H3. The van der Waals surface area contributed by atoms with E-state index < -0.39 is 0 Å². The van der Waals surface area contributed by atoms with E-state index in [2.05, 4.69) is 4.90 Å². The molecule has 19 heavy (non-hydrogen) atoms. The number of hydrogen-bond acceptors (Lipinski definition) is 3. The number of likely N-dealkylation sites (N-methyl/N-ethyl adjacent to an activating group) is 1. The quantitative estimate of drug-likeness (QED) is 0.766. The molecule has 1 amide bonds. The Morgan fingerprint density at radius 3 is 2.42 bits per heavy atom. The van der Waals surface area contributed by atoms with E-state index in [1.54, 1.807) is 26.1 Å². The van der Waals surface area contributed by atoms with Gasteiger partial charge in [0.1, 0.15) is 0 Å². The minimum absolute atomic E-state index is 0.0880. The fraction of sp³-hybridized carbons (Fsp3) is 0.500. The normalized spacial score (nSPS) is 10.8. The highest BCUT2D eigenvalue weighted by Gasteiger charge is 2.12. The Hall–Kier alpha value is -1.10. The topological polar surface area (TPSA) is 32.8 Å². The zero-order valence-corrected chi connectivity index (χ0v) is 12.5. The van der Waals surface area contributed by atoms with Gasteiger partial charge in [0.15, 0.2) is 0 Å². The van der Waals surface area contributed by atoms with Gasteiger partial charge in [0.2, 0.25) is 5.91 Å². The number of ether oxygens (including phenoxy) is 1. The Balaban J connectivity index is 2.62. The smallest absolute Gasteiger partial charge is 0.236 e. The van der Waals surface area contributed by atoms with E-state index >= 15 is 0 Å². The van der Waals surface area contributed by atoms with Gasteiger partial charge in [0, 0.05) is 39.3 Å². The highest BCUT2D eigenvalue weighted by atomic mass is 35.5. The lowest BCUT2D eigenvalue weighted by molar-refractivity contribution is -0.130. The highest BCUT2D eigenvalue weighted by molar-refractivity contribution is 6.30. The van der Waals surface area contributed by atoms with Gasteiger partial charge in [0.05, 0.1) is 13.2 Å². The second-order valence-corrected chi connectivity index (χ2v) is 5.05. The molecule has 5 heteroatoms. The fourth-order valence-corrected chi connectivity index (χ4v) is 1.74. The molecule has 0 saturated carbocycles. The Labute approximate surface area is 119 Å². The average molecular weight is 285 g/mol. The van der Waals surface area contributed by atoms with Crippen molar-refractivity contribution in [3.63, 3.8) is 0 Å². The van der Waals surface area contributed by atoms with Gasteiger partial charge in [-0.1, -0.05) is 23.7 Å². The minimum Gasteiger partial charge on any atom is -0.383 e. The lowest BCUT2D eigenvalue weighted by Crippen LogP contribution is -2.37. The first-order chi connectivity index (χ1) is 9.02. The van der Waals surface area contributed by atoms with Crippen LogP contribution in [0.1, 0.15) is 5.56 Å². The number of nitrogens with zero attached hydrogens (tertiary/aromatic N) is 2. The van der Waals surface area contributed by atoms with Crippen LogP contribution in [0.15, 0.2) is 24.3 Å². The van der Waals surface area contributed by atoms with Crippen LogP contribution in [0.5, 0.6) is 0 Å². The summed E-state index contributed by atoms with van der Waals surface area (Å²) in [5, 5.41) is 0.719. The lowest BCUT2D eigenvalue weighted by Gasteiger charge is -2.23. The van der Waals surface area contributed by atoms with Crippen LogP contribution in [-0.4, -0.2) is 56.6 Å². The summed E-state index contributed by atoms with van der Waals surface area (Å²) in [5.41, 5.74) is 1.13. The van der Waals surface area contributed by atoms with E-state index in [1.165, 1.54) is 0 Å². The predicted octanol–water partition coefficient (Wildman–Crippen LogP) is 1.88. The lowest BCUT2D eigenvalue weighted by atomic mass is 10.2. The van der Waals surface area contributed by atoms with E-state index in [0.29, 0.717) is 19.7 Å². The molecule has 106 valence electrons. The molecule has 0 saturated heterocycles. The summed E-state index contributed by atoms with van der Waals surface area (Å²) < 4.78 is 5.08. The second-order valence-electron chi connectivity index (χ2n) is 4.62. The maximum absolute atomic E-state index is 11.8. The van der Waals surface area contributed by atoms with Crippen molar-refractivity contribution in [1.29, 1.82) is 0 Å². The third-order valence-electron chi connectivity index (χ3n) is 2.79. The number of methoxy groups -OCH3 is 1. The summed E-state index contributed by atoms with van der Waals surface area (Å²) in [6.07, 6.45) is 0. The van der Waals surface area contributed by atoms with E-state index in [9.17, 15) is 4.79 Å². The van der Waals surface area contributed by atoms with Crippen molar-refractivity contribution in [3.05, 3.63) is 34.9 Å². The molecule has 1 rings (SSSR count). The molecule has 0 aliphatic rings. The number of carbonyl (C=O) groups excluding carboxylic acids is 1. The van der Waals surface area contributed by atoms with Gasteiger partial charge in [-0.15, -0.1) is 0 Å². The van der Waals surface area contributed by atoms with Gasteiger partial charge < -0.3 is 9.64 Å². The van der Waals surface area contributed by atoms with Crippen molar-refractivity contribution in [2.45, 2.75) is 6.54 Å². The molecule has 0 fully saturated rings. The summed E-state index contributed by atoms with van der Waals surface area (Å²) in [4.78, 5) is 15.4. The summed E-state index contributed by atoms with van der Waals surface area (Å²) in [6.45, 7) is 2.42. The molecule has 0 atom stereocenters. The summed E-state index contributed by atoms with van der Waals surface area (Å²) in [6, 6.07) is 7.67. The van der Waals surface area contributed by atoms with Crippen LogP contribution < -0.4 is 0 Å². The van der Waals surface area contributed by atoms with Gasteiger partial charge in [-0.2, -0.15) is 0 Å². The Morgan fingerprint density at radius 1 is 1.26 bits per heavy atom. The largest absolute Gasteiger partial charge is 0.383 e. The van der Waals surface area contributed by atoms with Crippen molar-refractivity contribution in [1.82, 2.24) is 9.80 Å². The van der Waals surface area contributed by atoms with E-state index in [0.717, 1.165) is 17.1 Å². The molecule has 0 radical (unpaired) electrons. The zero-order valence-electron chi connectivity index (χ0n) is 11.7. The Kier molecular flexibility index (Phi) is 6.84. The van der Waals surface area contributed by atoms with Crippen LogP contribution in [0, 0.1) is 0 Å². The molecule has 0 aromatic heterocycles. The van der Waals surface area contributed by atoms with Gasteiger partial charge in [0.25, 0.3) is 0 Å². The van der Waals surface area contributed by atoms with Gasteiger partial charge >= 0.3 is 0 Å². The van der Waals surface area contributed by atoms with Crippen molar-refractivity contribution < 1.29 is 9.53 Å². The molecule has 1 aromatic rings. The first kappa shape index (κ1) is 16.0. The van der Waals surface area contributed by atoms with Crippen LogP contribution >= 0.6 is 11.6 Å². The highest BCUT2D eigenvalue weighted by Crippen LogP contribution is 2.11. The predicted molar refractivity (Wildman–Crippen MR) is 77.3 cm³/mol. The summed E-state index contributed by atoms with van der Waals surface area (Å²) in [7, 11) is 5.19. The summed E-state index contributed by atoms with van der Waals surface area (Å²) >= 11 is 5.86. The number of carbonyl (C=O) groups is 1. The molecule has 0 aliphatic carbocycles. The van der Waals surface area contributed by atoms with Crippen molar-refractivity contribution in [2.24, 2.45) is 0 Å². The molecule has 0 unspecified atom stereocenters. The number of hydrogen-bond donors (Lipinski definition) is 0. The third kappa shape index (κ3) is 6.05. The molecule has 1 aromatic carbocycles. The number of benzene rings is 1. The SMILES string of the molecule is COCCN(CC(=O)N(C)C)Cc1ccc(Cl)cc1. The number of halogens is 1. The summed E-state index contributed by atoms with van der Waals surface area (Å²) in [5.74, 6) is 0.0880. The van der Waals surface area contributed by atoms with E-state index in [4.69, 9.17) is 16.3 Å². The number of amides is 1. The van der Waals surface area contributed by atoms with E-state index in [1.807, 2.05) is 24.3 Å². The van der Waals surface area contributed by atoms with Crippen LogP contribution in [-0.2, 0) is 16.1 Å². The van der Waals surface area contributed by atoms with Crippen LogP contribution in [0.4, 0.5) is 0 Å². The van der Waals surface area contributed by atoms with Crippen molar-refractivity contribution in [2.75, 3.05) is 40.9 Å².